The topological polar surface area (TPSA) is 24.8 Å². The van der Waals surface area contributed by atoms with Crippen molar-refractivity contribution < 1.29 is 4.74 Å². The number of fused-ring (bicyclic) bond motifs is 1. The molecule has 2 rings (SSSR count). The molecule has 3 nitrogen and oxygen atoms in total. The van der Waals surface area contributed by atoms with E-state index in [0.29, 0.717) is 6.61 Å². The maximum absolute atomic E-state index is 5.70. The van der Waals surface area contributed by atoms with E-state index >= 15 is 0 Å². The molecule has 0 fully saturated rings. The molecule has 1 heterocycles. The van der Waals surface area contributed by atoms with Crippen LogP contribution in [0.5, 0.6) is 5.75 Å². The van der Waals surface area contributed by atoms with Crippen LogP contribution in [0.25, 0.3) is 5.70 Å². The number of ether oxygens (including phenoxy) is 1. The monoisotopic (exact) mass is 280 g/mol. The lowest BCUT2D eigenvalue weighted by atomic mass is 10.0. The summed E-state index contributed by atoms with van der Waals surface area (Å²) in [6.07, 6.45) is 0. The number of para-hydroxylation sites is 1. The molecule has 1 aromatic rings. The summed E-state index contributed by atoms with van der Waals surface area (Å²) >= 11 is 3.49. The quantitative estimate of drug-likeness (QED) is 0.614. The minimum absolute atomic E-state index is 0.588. The minimum atomic E-state index is 0.588. The van der Waals surface area contributed by atoms with Crippen molar-refractivity contribution in [1.82, 2.24) is 5.01 Å². The molecule has 0 N–H and O–H groups in total. The molecular weight excluding hydrogens is 268 g/mol. The van der Waals surface area contributed by atoms with Gasteiger partial charge in [-0.05, 0) is 40.6 Å². The van der Waals surface area contributed by atoms with Gasteiger partial charge in [-0.1, -0.05) is 6.07 Å². The molecule has 0 aliphatic carbocycles. The Hall–Kier alpha value is -1.29. The Morgan fingerprint density at radius 1 is 1.50 bits per heavy atom. The van der Waals surface area contributed by atoms with Crippen molar-refractivity contribution in [3.63, 3.8) is 0 Å². The SMILES string of the molecule is C=NN(C)C1=C(C)COc2c(Br)cccc21. The zero-order chi connectivity index (χ0) is 11.7. The summed E-state index contributed by atoms with van der Waals surface area (Å²) in [4.78, 5) is 0. The summed E-state index contributed by atoms with van der Waals surface area (Å²) in [6.45, 7) is 6.19. The number of hydrogen-bond acceptors (Lipinski definition) is 3. The van der Waals surface area contributed by atoms with Crippen LogP contribution in [0.15, 0.2) is 33.3 Å². The molecule has 0 saturated carbocycles. The summed E-state index contributed by atoms with van der Waals surface area (Å²) in [7, 11) is 1.89. The van der Waals surface area contributed by atoms with Gasteiger partial charge in [0, 0.05) is 19.3 Å². The summed E-state index contributed by atoms with van der Waals surface area (Å²) < 4.78 is 6.66. The van der Waals surface area contributed by atoms with Gasteiger partial charge in [-0.2, -0.15) is 5.10 Å². The Morgan fingerprint density at radius 2 is 2.25 bits per heavy atom. The summed E-state index contributed by atoms with van der Waals surface area (Å²) in [5.41, 5.74) is 3.27. The second kappa shape index (κ2) is 4.29. The number of nitrogens with zero attached hydrogens (tertiary/aromatic N) is 2. The van der Waals surface area contributed by atoms with Crippen LogP contribution in [0.3, 0.4) is 0 Å². The first-order valence-corrected chi connectivity index (χ1v) is 5.76. The van der Waals surface area contributed by atoms with Crippen LogP contribution < -0.4 is 4.74 Å². The smallest absolute Gasteiger partial charge is 0.143 e. The van der Waals surface area contributed by atoms with E-state index in [1.165, 1.54) is 0 Å². The molecule has 4 heteroatoms. The van der Waals surface area contributed by atoms with E-state index in [1.54, 1.807) is 5.01 Å². The largest absolute Gasteiger partial charge is 0.487 e. The molecule has 0 aromatic heterocycles. The third-order valence-corrected chi connectivity index (χ3v) is 3.22. The third kappa shape index (κ3) is 1.73. The Labute approximate surface area is 104 Å². The predicted molar refractivity (Wildman–Crippen MR) is 69.5 cm³/mol. The molecule has 0 atom stereocenters. The van der Waals surface area contributed by atoms with Gasteiger partial charge in [0.1, 0.15) is 12.4 Å². The van der Waals surface area contributed by atoms with E-state index in [1.807, 2.05) is 32.2 Å². The van der Waals surface area contributed by atoms with Gasteiger partial charge in [-0.15, -0.1) is 0 Å². The van der Waals surface area contributed by atoms with Gasteiger partial charge in [0.15, 0.2) is 0 Å². The van der Waals surface area contributed by atoms with E-state index in [4.69, 9.17) is 4.74 Å². The number of halogens is 1. The zero-order valence-electron chi connectivity index (χ0n) is 9.33. The van der Waals surface area contributed by atoms with Crippen molar-refractivity contribution in [2.75, 3.05) is 13.7 Å². The summed E-state index contributed by atoms with van der Waals surface area (Å²) in [5, 5.41) is 5.73. The van der Waals surface area contributed by atoms with Gasteiger partial charge in [0.2, 0.25) is 0 Å². The van der Waals surface area contributed by atoms with Gasteiger partial charge >= 0.3 is 0 Å². The van der Waals surface area contributed by atoms with Gasteiger partial charge < -0.3 is 4.74 Å². The third-order valence-electron chi connectivity index (χ3n) is 2.60. The average molecular weight is 281 g/mol. The van der Waals surface area contributed by atoms with Crippen LogP contribution >= 0.6 is 15.9 Å². The lowest BCUT2D eigenvalue weighted by molar-refractivity contribution is 0.335. The molecule has 84 valence electrons. The molecule has 0 radical (unpaired) electrons. The highest BCUT2D eigenvalue weighted by Crippen LogP contribution is 2.39. The van der Waals surface area contributed by atoms with Crippen molar-refractivity contribution in [3.8, 4) is 5.75 Å². The molecule has 0 bridgehead atoms. The number of hydrazone groups is 1. The fraction of sp³-hybridized carbons (Fsp3) is 0.250. The van der Waals surface area contributed by atoms with Gasteiger partial charge in [-0.3, -0.25) is 5.01 Å². The fourth-order valence-corrected chi connectivity index (χ4v) is 2.32. The zero-order valence-corrected chi connectivity index (χ0v) is 10.9. The first kappa shape index (κ1) is 11.2. The highest BCUT2D eigenvalue weighted by Gasteiger charge is 2.22. The molecule has 1 aliphatic rings. The lowest BCUT2D eigenvalue weighted by Crippen LogP contribution is -2.18. The molecular formula is C12H13BrN2O. The van der Waals surface area contributed by atoms with Crippen molar-refractivity contribution in [2.24, 2.45) is 5.10 Å². The second-order valence-electron chi connectivity index (χ2n) is 3.70. The Balaban J connectivity index is 2.61. The van der Waals surface area contributed by atoms with Crippen LogP contribution in [0.1, 0.15) is 12.5 Å². The normalized spacial score (nSPS) is 14.2. The summed E-state index contributed by atoms with van der Waals surface area (Å²) in [6, 6.07) is 5.99. The first-order chi connectivity index (χ1) is 7.65. The Bertz CT molecular complexity index is 468. The standard InChI is InChI=1S/C12H13BrN2O/c1-8-7-16-12-9(5-4-6-10(12)13)11(8)15(3)14-2/h4-6H,2,7H2,1,3H3. The molecule has 0 amide bonds. The maximum Gasteiger partial charge on any atom is 0.143 e. The average Bonchev–Trinajstić information content (AvgIpc) is 2.28. The van der Waals surface area contributed by atoms with Crippen molar-refractivity contribution in [2.45, 2.75) is 6.92 Å². The minimum Gasteiger partial charge on any atom is -0.487 e. The first-order valence-electron chi connectivity index (χ1n) is 4.97. The Morgan fingerprint density at radius 3 is 2.94 bits per heavy atom. The van der Waals surface area contributed by atoms with Crippen molar-refractivity contribution in [3.05, 3.63) is 33.8 Å². The lowest BCUT2D eigenvalue weighted by Gasteiger charge is -2.27. The van der Waals surface area contributed by atoms with Gasteiger partial charge in [0.25, 0.3) is 0 Å². The summed E-state index contributed by atoms with van der Waals surface area (Å²) in [5.74, 6) is 0.874. The van der Waals surface area contributed by atoms with Crippen LogP contribution in [0.4, 0.5) is 0 Å². The molecule has 1 aliphatic heterocycles. The van der Waals surface area contributed by atoms with Gasteiger partial charge in [-0.25, -0.2) is 0 Å². The van der Waals surface area contributed by atoms with E-state index < -0.39 is 0 Å². The maximum atomic E-state index is 5.70. The van der Waals surface area contributed by atoms with Crippen LogP contribution in [-0.2, 0) is 0 Å². The molecule has 0 spiro atoms. The molecule has 1 aromatic carbocycles. The predicted octanol–water partition coefficient (Wildman–Crippen LogP) is 3.12. The van der Waals surface area contributed by atoms with Crippen molar-refractivity contribution >= 4 is 28.3 Å². The fourth-order valence-electron chi connectivity index (χ4n) is 1.84. The van der Waals surface area contributed by atoms with Crippen LogP contribution in [-0.4, -0.2) is 25.4 Å². The Kier molecular flexibility index (Phi) is 3.01. The van der Waals surface area contributed by atoms with E-state index in [9.17, 15) is 0 Å². The number of rotatable bonds is 2. The second-order valence-corrected chi connectivity index (χ2v) is 4.55. The molecule has 0 unspecified atom stereocenters. The highest BCUT2D eigenvalue weighted by atomic mass is 79.9. The van der Waals surface area contributed by atoms with Gasteiger partial charge in [0.05, 0.1) is 10.2 Å². The molecule has 0 saturated heterocycles. The number of benzene rings is 1. The van der Waals surface area contributed by atoms with E-state index in [-0.39, 0.29) is 0 Å². The number of hydrogen-bond donors (Lipinski definition) is 0. The highest BCUT2D eigenvalue weighted by molar-refractivity contribution is 9.10. The van der Waals surface area contributed by atoms with E-state index in [2.05, 4.69) is 27.7 Å². The van der Waals surface area contributed by atoms with Crippen molar-refractivity contribution in [1.29, 1.82) is 0 Å². The molecule has 16 heavy (non-hydrogen) atoms. The van der Waals surface area contributed by atoms with E-state index in [0.717, 1.165) is 27.1 Å². The van der Waals surface area contributed by atoms with Crippen LogP contribution in [0, 0.1) is 0 Å². The van der Waals surface area contributed by atoms with Crippen LogP contribution in [0.2, 0.25) is 0 Å².